The zero-order chi connectivity index (χ0) is 45.7. The lowest BCUT2D eigenvalue weighted by Crippen LogP contribution is -2.32. The number of amides is 2. The largest absolute Gasteiger partial charge is 0.481 e. The van der Waals surface area contributed by atoms with Gasteiger partial charge in [0.25, 0.3) is 11.8 Å². The summed E-state index contributed by atoms with van der Waals surface area (Å²) in [6.45, 7) is 10.7. The van der Waals surface area contributed by atoms with Gasteiger partial charge >= 0.3 is 11.9 Å². The molecule has 2 aromatic heterocycles. The van der Waals surface area contributed by atoms with Crippen LogP contribution in [0, 0.1) is 25.7 Å². The van der Waals surface area contributed by atoms with E-state index in [4.69, 9.17) is 23.2 Å². The first-order chi connectivity index (χ1) is 29.3. The summed E-state index contributed by atoms with van der Waals surface area (Å²) in [5, 5.41) is 47.3. The molecule has 0 aliphatic carbocycles. The van der Waals surface area contributed by atoms with Crippen molar-refractivity contribution >= 4 is 68.8 Å². The summed E-state index contributed by atoms with van der Waals surface area (Å²) in [6.07, 6.45) is 0. The molecule has 6 aromatic rings. The molecule has 0 radical (unpaired) electrons. The van der Waals surface area contributed by atoms with Crippen molar-refractivity contribution in [2.75, 3.05) is 13.2 Å². The van der Waals surface area contributed by atoms with Gasteiger partial charge in [0.15, 0.2) is 0 Å². The molecule has 6 N–H and O–H groups in total. The molecule has 2 unspecified atom stereocenters. The second-order valence-corrected chi connectivity index (χ2v) is 17.1. The second kappa shape index (κ2) is 20.0. The molecule has 0 saturated carbocycles. The lowest BCUT2D eigenvalue weighted by atomic mass is 9.88. The van der Waals surface area contributed by atoms with Crippen molar-refractivity contribution < 1.29 is 39.6 Å². The molecule has 328 valence electrons. The van der Waals surface area contributed by atoms with Gasteiger partial charge in [-0.1, -0.05) is 112 Å². The monoisotopic (exact) mass is 884 g/mol. The second-order valence-electron chi connectivity index (χ2n) is 16.3. The van der Waals surface area contributed by atoms with Crippen molar-refractivity contribution in [2.24, 2.45) is 25.9 Å². The summed E-state index contributed by atoms with van der Waals surface area (Å²) in [5.41, 5.74) is 7.19. The van der Waals surface area contributed by atoms with Crippen LogP contribution in [0.3, 0.4) is 0 Å². The molecular weight excluding hydrogens is 831 g/mol. The van der Waals surface area contributed by atoms with Crippen LogP contribution in [0.15, 0.2) is 84.9 Å². The molecular formula is C48H54Cl2N4O8. The van der Waals surface area contributed by atoms with Gasteiger partial charge in [0, 0.05) is 35.9 Å². The number of benzene rings is 4. The fourth-order valence-electron chi connectivity index (χ4n) is 7.84. The average Bonchev–Trinajstić information content (AvgIpc) is 3.75. The van der Waals surface area contributed by atoms with E-state index in [2.05, 4.69) is 10.6 Å². The minimum atomic E-state index is -0.876. The number of carbonyl (C=O) groups is 4. The minimum Gasteiger partial charge on any atom is -0.481 e. The Bertz CT molecular complexity index is 2420. The Balaban J connectivity index is 0.000000234. The van der Waals surface area contributed by atoms with E-state index in [-0.39, 0.29) is 36.9 Å². The fraction of sp³-hybridized carbons (Fsp3) is 0.333. The summed E-state index contributed by atoms with van der Waals surface area (Å²) in [5.74, 6) is -3.75. The first-order valence-corrected chi connectivity index (χ1v) is 21.0. The Hall–Kier alpha value is -5.66. The van der Waals surface area contributed by atoms with Gasteiger partial charge in [-0.3, -0.25) is 19.2 Å². The molecule has 0 saturated heterocycles. The van der Waals surface area contributed by atoms with Crippen LogP contribution in [0.4, 0.5) is 0 Å². The van der Waals surface area contributed by atoms with Crippen LogP contribution >= 0.6 is 23.2 Å². The van der Waals surface area contributed by atoms with Crippen molar-refractivity contribution in [1.29, 1.82) is 0 Å². The summed E-state index contributed by atoms with van der Waals surface area (Å²) < 4.78 is 3.54. The van der Waals surface area contributed by atoms with Crippen LogP contribution in [0.25, 0.3) is 21.8 Å². The SMILES string of the molecule is Cc1ccc2c(cc(C(=O)N[C@H](CO)c3ccc(C(C(=O)O)C(C)C)cc3)n2C)c1Cl.Cc1ccc2c(cc(C(=O)N[C@H](CO)c3ccc(C(C(=O)O)C(C)C)cc3)n2C)c1Cl. The summed E-state index contributed by atoms with van der Waals surface area (Å²) in [6, 6.07) is 23.8. The highest BCUT2D eigenvalue weighted by Gasteiger charge is 2.26. The first kappa shape index (κ1) is 47.4. The number of aliphatic hydroxyl groups excluding tert-OH is 2. The summed E-state index contributed by atoms with van der Waals surface area (Å²) in [4.78, 5) is 49.0. The van der Waals surface area contributed by atoms with Crippen LogP contribution in [-0.2, 0) is 23.7 Å². The van der Waals surface area contributed by atoms with E-state index in [0.29, 0.717) is 43.7 Å². The normalized spacial score (nSPS) is 13.4. The number of hydrogen-bond acceptors (Lipinski definition) is 6. The lowest BCUT2D eigenvalue weighted by Gasteiger charge is -2.20. The number of aromatic nitrogens is 2. The van der Waals surface area contributed by atoms with E-state index in [0.717, 1.165) is 32.9 Å². The van der Waals surface area contributed by atoms with E-state index in [9.17, 15) is 39.6 Å². The average molecular weight is 886 g/mol. The molecule has 0 aliphatic rings. The third-order valence-corrected chi connectivity index (χ3v) is 12.4. The van der Waals surface area contributed by atoms with Gasteiger partial charge in [0.1, 0.15) is 11.4 Å². The predicted molar refractivity (Wildman–Crippen MR) is 243 cm³/mol. The molecule has 14 heteroatoms. The summed E-state index contributed by atoms with van der Waals surface area (Å²) >= 11 is 12.8. The number of hydrogen-bond donors (Lipinski definition) is 6. The number of nitrogens with one attached hydrogen (secondary N) is 2. The van der Waals surface area contributed by atoms with E-state index >= 15 is 0 Å². The molecule has 2 heterocycles. The number of rotatable bonds is 14. The molecule has 4 atom stereocenters. The minimum absolute atomic E-state index is 0.0568. The van der Waals surface area contributed by atoms with Crippen LogP contribution in [0.2, 0.25) is 10.0 Å². The van der Waals surface area contributed by atoms with E-state index < -0.39 is 35.9 Å². The molecule has 0 aliphatic heterocycles. The maximum absolute atomic E-state index is 13.0. The molecule has 0 bridgehead atoms. The highest BCUT2D eigenvalue weighted by atomic mass is 35.5. The van der Waals surface area contributed by atoms with Gasteiger partial charge in [-0.05, 0) is 83.3 Å². The quantitative estimate of drug-likeness (QED) is 0.0627. The number of aryl methyl sites for hydroxylation is 4. The van der Waals surface area contributed by atoms with Crippen molar-refractivity contribution in [3.8, 4) is 0 Å². The van der Waals surface area contributed by atoms with E-state index in [1.54, 1.807) is 83.9 Å². The number of carbonyl (C=O) groups excluding carboxylic acids is 2. The van der Waals surface area contributed by atoms with Crippen molar-refractivity contribution in [3.63, 3.8) is 0 Å². The smallest absolute Gasteiger partial charge is 0.311 e. The Morgan fingerprint density at radius 2 is 0.855 bits per heavy atom. The van der Waals surface area contributed by atoms with Gasteiger partial charge < -0.3 is 40.2 Å². The molecule has 12 nitrogen and oxygen atoms in total. The molecule has 62 heavy (non-hydrogen) atoms. The van der Waals surface area contributed by atoms with Crippen molar-refractivity contribution in [3.05, 3.63) is 140 Å². The number of carboxylic acids is 2. The third-order valence-electron chi connectivity index (χ3n) is 11.4. The Labute approximate surface area is 371 Å². The molecule has 2 amide bonds. The topological polar surface area (TPSA) is 183 Å². The number of aliphatic carboxylic acids is 2. The van der Waals surface area contributed by atoms with Crippen molar-refractivity contribution in [1.82, 2.24) is 19.8 Å². The molecule has 0 fully saturated rings. The van der Waals surface area contributed by atoms with E-state index in [1.165, 1.54) is 0 Å². The zero-order valence-electron chi connectivity index (χ0n) is 36.0. The number of carboxylic acid groups (broad SMARTS) is 2. The first-order valence-electron chi connectivity index (χ1n) is 20.3. The molecule has 4 aromatic carbocycles. The predicted octanol–water partition coefficient (Wildman–Crippen LogP) is 8.86. The van der Waals surface area contributed by atoms with Gasteiger partial charge in [-0.25, -0.2) is 0 Å². The van der Waals surface area contributed by atoms with Crippen LogP contribution in [0.1, 0.15) is 106 Å². The van der Waals surface area contributed by atoms with Gasteiger partial charge in [-0.2, -0.15) is 0 Å². The Morgan fingerprint density at radius 3 is 1.13 bits per heavy atom. The molecule has 0 spiro atoms. The molecule has 6 rings (SSSR count). The maximum atomic E-state index is 13.0. The van der Waals surface area contributed by atoms with E-state index in [1.807, 2.05) is 65.8 Å². The van der Waals surface area contributed by atoms with Gasteiger partial charge in [0.05, 0.1) is 47.2 Å². The van der Waals surface area contributed by atoms with Crippen LogP contribution in [-0.4, -0.2) is 66.5 Å². The highest BCUT2D eigenvalue weighted by molar-refractivity contribution is 6.37. The van der Waals surface area contributed by atoms with Gasteiger partial charge in [0.2, 0.25) is 0 Å². The third kappa shape index (κ3) is 10.0. The van der Waals surface area contributed by atoms with Crippen molar-refractivity contribution in [2.45, 2.75) is 65.5 Å². The van der Waals surface area contributed by atoms with Crippen LogP contribution < -0.4 is 10.6 Å². The van der Waals surface area contributed by atoms with Crippen LogP contribution in [0.5, 0.6) is 0 Å². The lowest BCUT2D eigenvalue weighted by molar-refractivity contribution is -0.140. The number of halogens is 2. The van der Waals surface area contributed by atoms with Gasteiger partial charge in [-0.15, -0.1) is 0 Å². The Morgan fingerprint density at radius 1 is 0.548 bits per heavy atom. The maximum Gasteiger partial charge on any atom is 0.311 e. The number of fused-ring (bicyclic) bond motifs is 2. The number of nitrogens with zero attached hydrogens (tertiary/aromatic N) is 2. The Kier molecular flexibility index (Phi) is 15.3. The zero-order valence-corrected chi connectivity index (χ0v) is 37.5. The standard InChI is InChI=1S/2C24H27ClN2O4/c2*1-13(2)21(24(30)31)16-8-6-15(7-9-16)18(12-28)26-23(29)20-11-17-19(27(20)4)10-5-14(3)22(17)25/h2*5-11,13,18,21,28H,12H2,1-4H3,(H,26,29)(H,30,31)/t2*18-,21?/m11/s1. The summed E-state index contributed by atoms with van der Waals surface area (Å²) in [7, 11) is 3.59. The highest BCUT2D eigenvalue weighted by Crippen LogP contribution is 2.32. The number of aliphatic hydroxyl groups is 2. The fourth-order valence-corrected chi connectivity index (χ4v) is 8.26.